The SMILES string of the molecule is Cc1ccc(N2C(=O)[C@H](CC(C)(C)c3ccc(C(F)(F)F)nc3)C[C@@H]2c2cccc(OC(F)(F)F)c2)cc1.Cc1ccc(S(=O)(=O)O)cc1. The molecule has 3 aromatic carbocycles. The van der Waals surface area contributed by atoms with Crippen LogP contribution in [0.3, 0.4) is 0 Å². The third-order valence-corrected chi connectivity index (χ3v) is 8.97. The number of ether oxygens (including phenoxy) is 1. The Morgan fingerprint density at radius 1 is 0.878 bits per heavy atom. The van der Waals surface area contributed by atoms with Crippen LogP contribution in [0.4, 0.5) is 32.0 Å². The number of pyridine rings is 1. The predicted molar refractivity (Wildman–Crippen MR) is 171 cm³/mol. The number of rotatable bonds is 7. The summed E-state index contributed by atoms with van der Waals surface area (Å²) in [5.41, 5.74) is 1.86. The van der Waals surface area contributed by atoms with Gasteiger partial charge in [0, 0.05) is 17.8 Å². The molecule has 2 heterocycles. The summed E-state index contributed by atoms with van der Waals surface area (Å²) in [6, 6.07) is 20.5. The van der Waals surface area contributed by atoms with E-state index in [9.17, 15) is 39.6 Å². The quantitative estimate of drug-likeness (QED) is 0.152. The zero-order valence-corrected chi connectivity index (χ0v) is 27.7. The highest BCUT2D eigenvalue weighted by Gasteiger charge is 2.44. The van der Waals surface area contributed by atoms with E-state index < -0.39 is 45.7 Å². The van der Waals surface area contributed by atoms with Crippen molar-refractivity contribution in [3.8, 4) is 5.75 Å². The van der Waals surface area contributed by atoms with Crippen molar-refractivity contribution in [3.63, 3.8) is 0 Å². The lowest BCUT2D eigenvalue weighted by Gasteiger charge is -2.28. The zero-order valence-electron chi connectivity index (χ0n) is 26.9. The highest BCUT2D eigenvalue weighted by atomic mass is 32.2. The molecule has 0 aliphatic carbocycles. The van der Waals surface area contributed by atoms with Crippen molar-refractivity contribution in [3.05, 3.63) is 119 Å². The summed E-state index contributed by atoms with van der Waals surface area (Å²) in [4.78, 5) is 18.8. The maximum absolute atomic E-state index is 13.7. The van der Waals surface area contributed by atoms with Crippen LogP contribution < -0.4 is 9.64 Å². The summed E-state index contributed by atoms with van der Waals surface area (Å²) in [5, 5.41) is 0. The molecule has 5 rings (SSSR count). The Hall–Kier alpha value is -4.43. The zero-order chi connectivity index (χ0) is 36.4. The summed E-state index contributed by atoms with van der Waals surface area (Å²) in [5.74, 6) is -1.13. The van der Waals surface area contributed by atoms with Crippen LogP contribution in [0, 0.1) is 19.8 Å². The van der Waals surface area contributed by atoms with E-state index in [4.69, 9.17) is 4.55 Å². The Morgan fingerprint density at radius 2 is 1.47 bits per heavy atom. The minimum Gasteiger partial charge on any atom is -0.406 e. The van der Waals surface area contributed by atoms with E-state index in [0.717, 1.165) is 17.2 Å². The molecule has 0 bridgehead atoms. The summed E-state index contributed by atoms with van der Waals surface area (Å²) in [6.07, 6.45) is -7.63. The topological polar surface area (TPSA) is 96.8 Å². The van der Waals surface area contributed by atoms with Gasteiger partial charge in [-0.15, -0.1) is 13.2 Å². The molecule has 0 unspecified atom stereocenters. The van der Waals surface area contributed by atoms with Crippen molar-refractivity contribution < 1.29 is 48.8 Å². The number of carbonyl (C=O) groups is 1. The van der Waals surface area contributed by atoms with Crippen molar-refractivity contribution in [1.29, 1.82) is 0 Å². The van der Waals surface area contributed by atoms with Crippen molar-refractivity contribution in [2.45, 2.75) is 69.4 Å². The fourth-order valence-electron chi connectivity index (χ4n) is 5.62. The Balaban J connectivity index is 0.000000418. The summed E-state index contributed by atoms with van der Waals surface area (Å²) >= 11 is 0. The number of anilines is 1. The Kier molecular flexibility index (Phi) is 10.8. The molecule has 14 heteroatoms. The highest BCUT2D eigenvalue weighted by molar-refractivity contribution is 7.85. The van der Waals surface area contributed by atoms with Gasteiger partial charge in [0.1, 0.15) is 11.4 Å². The molecule has 0 spiro atoms. The van der Waals surface area contributed by atoms with E-state index in [0.29, 0.717) is 29.7 Å². The molecule has 7 nitrogen and oxygen atoms in total. The van der Waals surface area contributed by atoms with Gasteiger partial charge in [0.25, 0.3) is 10.1 Å². The number of aromatic nitrogens is 1. The van der Waals surface area contributed by atoms with Gasteiger partial charge in [0.15, 0.2) is 0 Å². The third-order valence-electron chi connectivity index (χ3n) is 8.11. The van der Waals surface area contributed by atoms with Gasteiger partial charge in [-0.2, -0.15) is 21.6 Å². The molecule has 1 N–H and O–H groups in total. The van der Waals surface area contributed by atoms with E-state index in [1.54, 1.807) is 35.2 Å². The van der Waals surface area contributed by atoms with Gasteiger partial charge in [-0.25, -0.2) is 0 Å². The molecule has 49 heavy (non-hydrogen) atoms. The highest BCUT2D eigenvalue weighted by Crippen LogP contribution is 2.45. The number of hydrogen-bond acceptors (Lipinski definition) is 5. The molecule has 0 saturated carbocycles. The largest absolute Gasteiger partial charge is 0.573 e. The molecule has 262 valence electrons. The molecular weight excluding hydrogens is 674 g/mol. The van der Waals surface area contributed by atoms with Crippen LogP contribution >= 0.6 is 0 Å². The van der Waals surface area contributed by atoms with Gasteiger partial charge < -0.3 is 9.64 Å². The van der Waals surface area contributed by atoms with Gasteiger partial charge in [-0.1, -0.05) is 67.4 Å². The number of aryl methyl sites for hydroxylation is 2. The van der Waals surface area contributed by atoms with Crippen LogP contribution in [-0.2, 0) is 26.5 Å². The van der Waals surface area contributed by atoms with Gasteiger partial charge in [0.05, 0.1) is 10.9 Å². The molecular formula is C35H34F6N2O5S. The van der Waals surface area contributed by atoms with Gasteiger partial charge in [0.2, 0.25) is 5.91 Å². The van der Waals surface area contributed by atoms with E-state index in [2.05, 4.69) is 9.72 Å². The maximum Gasteiger partial charge on any atom is 0.573 e. The second-order valence-corrected chi connectivity index (χ2v) is 13.8. The lowest BCUT2D eigenvalue weighted by atomic mass is 9.76. The van der Waals surface area contributed by atoms with E-state index in [1.807, 2.05) is 39.8 Å². The maximum atomic E-state index is 13.7. The van der Waals surface area contributed by atoms with Crippen LogP contribution in [0.25, 0.3) is 0 Å². The molecule has 1 saturated heterocycles. The van der Waals surface area contributed by atoms with E-state index >= 15 is 0 Å². The molecule has 1 aliphatic heterocycles. The summed E-state index contributed by atoms with van der Waals surface area (Å²) in [7, 11) is -4.02. The van der Waals surface area contributed by atoms with Crippen LogP contribution in [0.2, 0.25) is 0 Å². The first kappa shape index (κ1) is 37.4. The number of amides is 1. The van der Waals surface area contributed by atoms with Gasteiger partial charge >= 0.3 is 12.5 Å². The molecule has 1 amide bonds. The minimum absolute atomic E-state index is 0.0666. The fraction of sp³-hybridized carbons (Fsp3) is 0.314. The average molecular weight is 709 g/mol. The van der Waals surface area contributed by atoms with Crippen LogP contribution in [-0.4, -0.2) is 30.2 Å². The number of benzene rings is 3. The van der Waals surface area contributed by atoms with E-state index in [1.165, 1.54) is 42.6 Å². The molecule has 1 fully saturated rings. The molecule has 1 aromatic heterocycles. The predicted octanol–water partition coefficient (Wildman–Crippen LogP) is 9.01. The molecule has 0 radical (unpaired) electrons. The van der Waals surface area contributed by atoms with Crippen LogP contribution in [0.15, 0.2) is 96.0 Å². The summed E-state index contributed by atoms with van der Waals surface area (Å²) in [6.45, 7) is 7.39. The molecule has 4 aromatic rings. The standard InChI is InChI=1S/C28H26F6N2O2.C7H8O3S/c1-17-7-10-21(11-8-17)36-23(18-5-4-6-22(13-18)38-28(32,33)34)14-19(25(36)37)15-26(2,3)20-9-12-24(35-16-20)27(29,30)31;1-6-2-4-7(5-3-6)11(8,9)10/h4-13,16,19,23H,14-15H2,1-3H3;2-5H,1H3,(H,8,9,10)/t19-,23+;/m0./s1. The molecule has 1 aliphatic rings. The number of carbonyl (C=O) groups excluding carboxylic acids is 1. The number of halogens is 6. The second kappa shape index (κ2) is 14.2. The lowest BCUT2D eigenvalue weighted by Crippen LogP contribution is -2.31. The normalized spacial score (nSPS) is 17.0. The number of hydrogen-bond donors (Lipinski definition) is 1. The van der Waals surface area contributed by atoms with E-state index in [-0.39, 0.29) is 16.6 Å². The molecule has 2 atom stereocenters. The van der Waals surface area contributed by atoms with Crippen molar-refractivity contribution in [2.24, 2.45) is 5.92 Å². The second-order valence-electron chi connectivity index (χ2n) is 12.4. The lowest BCUT2D eigenvalue weighted by molar-refractivity contribution is -0.274. The summed E-state index contributed by atoms with van der Waals surface area (Å²) < 4.78 is 111. The van der Waals surface area contributed by atoms with Gasteiger partial charge in [-0.05, 0) is 85.7 Å². The van der Waals surface area contributed by atoms with Gasteiger partial charge in [-0.3, -0.25) is 14.3 Å². The van der Waals surface area contributed by atoms with Crippen molar-refractivity contribution >= 4 is 21.7 Å². The fourth-order valence-corrected chi connectivity index (χ4v) is 6.10. The van der Waals surface area contributed by atoms with Crippen molar-refractivity contribution in [2.75, 3.05) is 4.90 Å². The average Bonchev–Trinajstić information content (AvgIpc) is 3.31. The van der Waals surface area contributed by atoms with Crippen LogP contribution in [0.5, 0.6) is 5.75 Å². The first-order valence-electron chi connectivity index (χ1n) is 15.0. The first-order chi connectivity index (χ1) is 22.6. The Labute approximate surface area is 280 Å². The van der Waals surface area contributed by atoms with Crippen LogP contribution in [0.1, 0.15) is 60.7 Å². The smallest absolute Gasteiger partial charge is 0.406 e. The third kappa shape index (κ3) is 9.82. The minimum atomic E-state index is -4.86. The number of nitrogens with zero attached hydrogens (tertiary/aromatic N) is 2. The van der Waals surface area contributed by atoms with Crippen molar-refractivity contribution in [1.82, 2.24) is 4.98 Å². The monoisotopic (exact) mass is 708 g/mol. The first-order valence-corrected chi connectivity index (χ1v) is 16.4. The number of alkyl halides is 6. The Morgan fingerprint density at radius 3 is 1.98 bits per heavy atom. The Bertz CT molecular complexity index is 1860.